The van der Waals surface area contributed by atoms with Crippen LogP contribution in [0.5, 0.6) is 0 Å². The van der Waals surface area contributed by atoms with Crippen LogP contribution >= 0.6 is 11.6 Å². The van der Waals surface area contributed by atoms with E-state index in [1.165, 1.54) is 0 Å². The van der Waals surface area contributed by atoms with Gasteiger partial charge in [0.05, 0.1) is 30.8 Å². The molecule has 2 aliphatic heterocycles. The molecule has 2 saturated heterocycles. The minimum Gasteiger partial charge on any atom is -0.375 e. The Balaban J connectivity index is 2.03. The predicted molar refractivity (Wildman–Crippen MR) is 53.5 cm³/mol. The van der Waals surface area contributed by atoms with Crippen LogP contribution in [0.3, 0.4) is 0 Å². The predicted octanol–water partition coefficient (Wildman–Crippen LogP) is 1.93. The number of halogens is 1. The topological polar surface area (TPSA) is 27.7 Å². The monoisotopic (exact) mass is 220 g/mol. The van der Waals surface area contributed by atoms with Crippen molar-refractivity contribution >= 4 is 11.6 Å². The van der Waals surface area contributed by atoms with Crippen molar-refractivity contribution in [3.05, 3.63) is 0 Å². The molecular formula is C10H17ClO3. The molecule has 0 aromatic carbocycles. The van der Waals surface area contributed by atoms with Gasteiger partial charge in [-0.3, -0.25) is 0 Å². The fourth-order valence-corrected chi connectivity index (χ4v) is 2.34. The lowest BCUT2D eigenvalue weighted by atomic mass is 9.93. The standard InChI is InChI=1S/C10H17ClO3/c1-9(2)7-10(3-4-12-9)13-6-8(5-11)14-10/h8H,3-7H2,1-2H3. The maximum absolute atomic E-state index is 5.84. The minimum absolute atomic E-state index is 0.0468. The summed E-state index contributed by atoms with van der Waals surface area (Å²) in [6, 6.07) is 0. The molecule has 2 heterocycles. The molecule has 3 nitrogen and oxygen atoms in total. The lowest BCUT2D eigenvalue weighted by Crippen LogP contribution is -2.46. The molecule has 2 unspecified atom stereocenters. The number of ether oxygens (including phenoxy) is 3. The van der Waals surface area contributed by atoms with E-state index in [-0.39, 0.29) is 11.7 Å². The lowest BCUT2D eigenvalue weighted by Gasteiger charge is -2.41. The Kier molecular flexibility index (Phi) is 2.77. The van der Waals surface area contributed by atoms with Crippen LogP contribution in [0.2, 0.25) is 0 Å². The van der Waals surface area contributed by atoms with E-state index in [1.54, 1.807) is 0 Å². The summed E-state index contributed by atoms with van der Waals surface area (Å²) < 4.78 is 17.2. The van der Waals surface area contributed by atoms with E-state index in [4.69, 9.17) is 25.8 Å². The molecule has 0 amide bonds. The molecule has 0 saturated carbocycles. The molecule has 2 aliphatic rings. The third kappa shape index (κ3) is 2.06. The van der Waals surface area contributed by atoms with Gasteiger partial charge in [0.2, 0.25) is 0 Å². The van der Waals surface area contributed by atoms with Gasteiger partial charge < -0.3 is 14.2 Å². The highest BCUT2D eigenvalue weighted by molar-refractivity contribution is 6.18. The first-order chi connectivity index (χ1) is 6.55. The second kappa shape index (κ2) is 3.63. The summed E-state index contributed by atoms with van der Waals surface area (Å²) in [7, 11) is 0. The SMILES string of the molecule is CC1(C)CC2(CCO1)OCC(CCl)O2. The number of hydrogen-bond donors (Lipinski definition) is 0. The van der Waals surface area contributed by atoms with Crippen molar-refractivity contribution in [3.63, 3.8) is 0 Å². The third-order valence-electron chi connectivity index (χ3n) is 2.76. The molecule has 0 aromatic heterocycles. The molecule has 0 bridgehead atoms. The van der Waals surface area contributed by atoms with Crippen molar-refractivity contribution < 1.29 is 14.2 Å². The van der Waals surface area contributed by atoms with E-state index in [9.17, 15) is 0 Å². The summed E-state index contributed by atoms with van der Waals surface area (Å²) in [6.45, 7) is 5.44. The summed E-state index contributed by atoms with van der Waals surface area (Å²) in [5.74, 6) is 0.0738. The Labute approximate surface area is 89.7 Å². The van der Waals surface area contributed by atoms with Crippen LogP contribution in [0, 0.1) is 0 Å². The zero-order chi connectivity index (χ0) is 10.2. The average molecular weight is 221 g/mol. The van der Waals surface area contributed by atoms with E-state index in [2.05, 4.69) is 13.8 Å². The van der Waals surface area contributed by atoms with Gasteiger partial charge in [-0.2, -0.15) is 0 Å². The van der Waals surface area contributed by atoms with Crippen molar-refractivity contribution in [2.24, 2.45) is 0 Å². The fourth-order valence-electron chi connectivity index (χ4n) is 2.19. The van der Waals surface area contributed by atoms with Crippen molar-refractivity contribution in [1.82, 2.24) is 0 Å². The lowest BCUT2D eigenvalue weighted by molar-refractivity contribution is -0.246. The van der Waals surface area contributed by atoms with Crippen molar-refractivity contribution in [2.45, 2.75) is 44.2 Å². The Morgan fingerprint density at radius 1 is 1.36 bits per heavy atom. The van der Waals surface area contributed by atoms with Crippen LogP contribution in [0.25, 0.3) is 0 Å². The van der Waals surface area contributed by atoms with Gasteiger partial charge in [-0.25, -0.2) is 0 Å². The van der Waals surface area contributed by atoms with Crippen molar-refractivity contribution in [2.75, 3.05) is 19.1 Å². The van der Waals surface area contributed by atoms with Crippen LogP contribution in [-0.4, -0.2) is 36.6 Å². The maximum Gasteiger partial charge on any atom is 0.173 e. The van der Waals surface area contributed by atoms with Crippen LogP contribution in [0.1, 0.15) is 26.7 Å². The first-order valence-electron chi connectivity index (χ1n) is 5.07. The van der Waals surface area contributed by atoms with Gasteiger partial charge in [0.25, 0.3) is 0 Å². The second-order valence-electron chi connectivity index (χ2n) is 4.65. The third-order valence-corrected chi connectivity index (χ3v) is 3.10. The van der Waals surface area contributed by atoms with Gasteiger partial charge in [-0.15, -0.1) is 11.6 Å². The number of rotatable bonds is 1. The second-order valence-corrected chi connectivity index (χ2v) is 4.96. The molecule has 2 atom stereocenters. The van der Waals surface area contributed by atoms with E-state index < -0.39 is 5.79 Å². The van der Waals surface area contributed by atoms with E-state index in [1.807, 2.05) is 0 Å². The maximum atomic E-state index is 5.84. The Morgan fingerprint density at radius 3 is 2.71 bits per heavy atom. The largest absolute Gasteiger partial charge is 0.375 e. The molecule has 1 spiro atoms. The van der Waals surface area contributed by atoms with Gasteiger partial charge in [0.15, 0.2) is 5.79 Å². The zero-order valence-corrected chi connectivity index (χ0v) is 9.47. The first-order valence-corrected chi connectivity index (χ1v) is 5.60. The molecule has 0 aliphatic carbocycles. The number of hydrogen-bond acceptors (Lipinski definition) is 3. The normalized spacial score (nSPS) is 41.8. The summed E-state index contributed by atoms with van der Waals surface area (Å²) in [5.41, 5.74) is -0.153. The highest BCUT2D eigenvalue weighted by Crippen LogP contribution is 2.39. The van der Waals surface area contributed by atoms with Crippen LogP contribution in [-0.2, 0) is 14.2 Å². The van der Waals surface area contributed by atoms with Crippen LogP contribution in [0.4, 0.5) is 0 Å². The van der Waals surface area contributed by atoms with E-state index >= 15 is 0 Å². The quantitative estimate of drug-likeness (QED) is 0.632. The zero-order valence-electron chi connectivity index (χ0n) is 8.72. The molecule has 0 radical (unpaired) electrons. The first kappa shape index (κ1) is 10.7. The molecule has 14 heavy (non-hydrogen) atoms. The fraction of sp³-hybridized carbons (Fsp3) is 1.00. The van der Waals surface area contributed by atoms with E-state index in [0.29, 0.717) is 19.1 Å². The van der Waals surface area contributed by atoms with Gasteiger partial charge >= 0.3 is 0 Å². The summed E-state index contributed by atoms with van der Waals surface area (Å²) in [5, 5.41) is 0. The van der Waals surface area contributed by atoms with Crippen molar-refractivity contribution in [1.29, 1.82) is 0 Å². The summed E-state index contributed by atoms with van der Waals surface area (Å²) in [6.07, 6.45) is 1.64. The highest BCUT2D eigenvalue weighted by Gasteiger charge is 2.47. The highest BCUT2D eigenvalue weighted by atomic mass is 35.5. The summed E-state index contributed by atoms with van der Waals surface area (Å²) >= 11 is 5.75. The van der Waals surface area contributed by atoms with Gasteiger partial charge in [0.1, 0.15) is 0 Å². The van der Waals surface area contributed by atoms with Crippen LogP contribution in [0.15, 0.2) is 0 Å². The van der Waals surface area contributed by atoms with E-state index in [0.717, 1.165) is 12.8 Å². The molecule has 0 N–H and O–H groups in total. The summed E-state index contributed by atoms with van der Waals surface area (Å²) in [4.78, 5) is 0. The molecular weight excluding hydrogens is 204 g/mol. The molecule has 0 aromatic rings. The smallest absolute Gasteiger partial charge is 0.173 e. The average Bonchev–Trinajstić information content (AvgIpc) is 2.46. The number of alkyl halides is 1. The molecule has 82 valence electrons. The van der Waals surface area contributed by atoms with Gasteiger partial charge in [0, 0.05) is 12.8 Å². The van der Waals surface area contributed by atoms with Crippen molar-refractivity contribution in [3.8, 4) is 0 Å². The minimum atomic E-state index is -0.429. The van der Waals surface area contributed by atoms with Gasteiger partial charge in [-0.1, -0.05) is 0 Å². The Morgan fingerprint density at radius 2 is 2.14 bits per heavy atom. The van der Waals surface area contributed by atoms with Crippen LogP contribution < -0.4 is 0 Å². The Hall–Kier alpha value is 0.170. The molecule has 2 fully saturated rings. The van der Waals surface area contributed by atoms with Gasteiger partial charge in [-0.05, 0) is 13.8 Å². The Bertz CT molecular complexity index is 219. The molecule has 4 heteroatoms. The molecule has 2 rings (SSSR count).